The summed E-state index contributed by atoms with van der Waals surface area (Å²) < 4.78 is 0. The Morgan fingerprint density at radius 3 is 2.86 bits per heavy atom. The number of alkyl halides is 1. The second-order valence-corrected chi connectivity index (χ2v) is 4.73. The molecule has 14 heavy (non-hydrogen) atoms. The molecule has 1 aliphatic heterocycles. The Bertz CT molecular complexity index is 184. The van der Waals surface area contributed by atoms with Crippen LogP contribution < -0.4 is 0 Å². The lowest BCUT2D eigenvalue weighted by molar-refractivity contribution is -0.133. The van der Waals surface area contributed by atoms with E-state index < -0.39 is 0 Å². The van der Waals surface area contributed by atoms with Gasteiger partial charge in [0, 0.05) is 24.3 Å². The Kier molecular flexibility index (Phi) is 5.53. The largest absolute Gasteiger partial charge is 0.340 e. The number of nitrogens with zero attached hydrogens (tertiary/aromatic N) is 1. The summed E-state index contributed by atoms with van der Waals surface area (Å²) in [6.07, 6.45) is 6.71. The second kappa shape index (κ2) is 6.44. The van der Waals surface area contributed by atoms with E-state index in [4.69, 9.17) is 0 Å². The molecule has 1 unspecified atom stereocenters. The van der Waals surface area contributed by atoms with E-state index in [1.165, 1.54) is 25.7 Å². The molecule has 1 saturated heterocycles. The molecule has 0 radical (unpaired) electrons. The maximum atomic E-state index is 11.8. The summed E-state index contributed by atoms with van der Waals surface area (Å²) in [5.41, 5.74) is 0. The lowest BCUT2D eigenvalue weighted by Crippen LogP contribution is -2.39. The molecule has 0 saturated carbocycles. The zero-order chi connectivity index (χ0) is 10.4. The lowest BCUT2D eigenvalue weighted by atomic mass is 10.1. The van der Waals surface area contributed by atoms with Crippen molar-refractivity contribution in [2.24, 2.45) is 0 Å². The molecule has 1 fully saturated rings. The fourth-order valence-electron chi connectivity index (χ4n) is 2.15. The zero-order valence-corrected chi connectivity index (χ0v) is 10.6. The van der Waals surface area contributed by atoms with Gasteiger partial charge in [0.25, 0.3) is 0 Å². The molecule has 0 bridgehead atoms. The van der Waals surface area contributed by atoms with Crippen molar-refractivity contribution < 1.29 is 4.79 Å². The molecule has 0 spiro atoms. The molecule has 1 aliphatic rings. The van der Waals surface area contributed by atoms with Gasteiger partial charge in [0.2, 0.25) is 5.91 Å². The van der Waals surface area contributed by atoms with Crippen molar-refractivity contribution in [3.8, 4) is 0 Å². The van der Waals surface area contributed by atoms with E-state index in [-0.39, 0.29) is 0 Å². The average Bonchev–Trinajstić information content (AvgIpc) is 2.42. The zero-order valence-electron chi connectivity index (χ0n) is 8.97. The first kappa shape index (κ1) is 12.0. The summed E-state index contributed by atoms with van der Waals surface area (Å²) in [5.74, 6) is 0.329. The Balaban J connectivity index is 2.55. The van der Waals surface area contributed by atoms with Crippen molar-refractivity contribution in [1.82, 2.24) is 4.90 Å². The number of likely N-dealkylation sites (tertiary alicyclic amines) is 1. The van der Waals surface area contributed by atoms with Crippen molar-refractivity contribution in [1.29, 1.82) is 0 Å². The van der Waals surface area contributed by atoms with E-state index in [0.717, 1.165) is 18.3 Å². The standard InChI is InChI=1S/C11H20BrNO/c1-2-10-6-4-3-5-9-13(10)11(14)7-8-12/h10H,2-9H2,1H3. The first-order valence-corrected chi connectivity index (χ1v) is 6.77. The Hall–Kier alpha value is -0.0500. The average molecular weight is 262 g/mol. The quantitative estimate of drug-likeness (QED) is 0.716. The van der Waals surface area contributed by atoms with Crippen molar-refractivity contribution in [3.05, 3.63) is 0 Å². The minimum Gasteiger partial charge on any atom is -0.340 e. The third-order valence-electron chi connectivity index (χ3n) is 2.98. The minimum atomic E-state index is 0.329. The SMILES string of the molecule is CCC1CCCCCN1C(=O)CCBr. The van der Waals surface area contributed by atoms with Crippen LogP contribution in [0.3, 0.4) is 0 Å². The molecular formula is C11H20BrNO. The number of halogens is 1. The number of carbonyl (C=O) groups excluding carboxylic acids is 1. The van der Waals surface area contributed by atoms with Crippen molar-refractivity contribution >= 4 is 21.8 Å². The van der Waals surface area contributed by atoms with Gasteiger partial charge in [-0.3, -0.25) is 4.79 Å². The molecule has 1 rings (SSSR count). The lowest BCUT2D eigenvalue weighted by Gasteiger charge is -2.29. The van der Waals surface area contributed by atoms with Gasteiger partial charge in [-0.15, -0.1) is 0 Å². The van der Waals surface area contributed by atoms with Crippen LogP contribution in [0, 0.1) is 0 Å². The van der Waals surface area contributed by atoms with Crippen LogP contribution in [0.4, 0.5) is 0 Å². The molecular weight excluding hydrogens is 242 g/mol. The van der Waals surface area contributed by atoms with Gasteiger partial charge in [0.05, 0.1) is 0 Å². The second-order valence-electron chi connectivity index (χ2n) is 3.94. The van der Waals surface area contributed by atoms with Crippen LogP contribution in [0.25, 0.3) is 0 Å². The fourth-order valence-corrected chi connectivity index (χ4v) is 2.49. The fraction of sp³-hybridized carbons (Fsp3) is 0.909. The Labute approximate surface area is 95.2 Å². The van der Waals surface area contributed by atoms with E-state index in [1.54, 1.807) is 0 Å². The van der Waals surface area contributed by atoms with Gasteiger partial charge < -0.3 is 4.90 Å². The van der Waals surface area contributed by atoms with Crippen LogP contribution in [0.5, 0.6) is 0 Å². The van der Waals surface area contributed by atoms with E-state index in [1.807, 2.05) is 0 Å². The number of amides is 1. The molecule has 0 aromatic rings. The van der Waals surface area contributed by atoms with Crippen molar-refractivity contribution in [2.45, 2.75) is 51.5 Å². The first-order valence-electron chi connectivity index (χ1n) is 5.65. The van der Waals surface area contributed by atoms with Crippen molar-refractivity contribution in [3.63, 3.8) is 0 Å². The van der Waals surface area contributed by atoms with E-state index in [0.29, 0.717) is 18.4 Å². The molecule has 0 aliphatic carbocycles. The van der Waals surface area contributed by atoms with Gasteiger partial charge in [-0.2, -0.15) is 0 Å². The topological polar surface area (TPSA) is 20.3 Å². The van der Waals surface area contributed by atoms with Crippen LogP contribution in [-0.4, -0.2) is 28.7 Å². The third kappa shape index (κ3) is 3.26. The Morgan fingerprint density at radius 2 is 2.21 bits per heavy atom. The third-order valence-corrected chi connectivity index (χ3v) is 3.37. The highest BCUT2D eigenvalue weighted by atomic mass is 79.9. The van der Waals surface area contributed by atoms with Crippen LogP contribution in [0.2, 0.25) is 0 Å². The number of rotatable bonds is 3. The summed E-state index contributed by atoms with van der Waals surface area (Å²) >= 11 is 3.33. The highest BCUT2D eigenvalue weighted by Gasteiger charge is 2.22. The van der Waals surface area contributed by atoms with E-state index in [9.17, 15) is 4.79 Å². The highest BCUT2D eigenvalue weighted by molar-refractivity contribution is 9.09. The monoisotopic (exact) mass is 261 g/mol. The predicted molar refractivity (Wildman–Crippen MR) is 62.7 cm³/mol. The molecule has 0 aromatic carbocycles. The molecule has 0 N–H and O–H groups in total. The molecule has 0 aromatic heterocycles. The summed E-state index contributed by atoms with van der Waals surface area (Å²) in [5, 5.41) is 0.790. The van der Waals surface area contributed by atoms with Gasteiger partial charge in [-0.25, -0.2) is 0 Å². The van der Waals surface area contributed by atoms with Gasteiger partial charge in [-0.1, -0.05) is 35.7 Å². The summed E-state index contributed by atoms with van der Waals surface area (Å²) in [7, 11) is 0. The molecule has 1 heterocycles. The van der Waals surface area contributed by atoms with Gasteiger partial charge in [-0.05, 0) is 19.3 Å². The summed E-state index contributed by atoms with van der Waals surface area (Å²) in [6, 6.07) is 0.504. The van der Waals surface area contributed by atoms with Gasteiger partial charge in [0.1, 0.15) is 0 Å². The maximum absolute atomic E-state index is 11.8. The molecule has 2 nitrogen and oxygen atoms in total. The minimum absolute atomic E-state index is 0.329. The molecule has 82 valence electrons. The van der Waals surface area contributed by atoms with E-state index >= 15 is 0 Å². The van der Waals surface area contributed by atoms with Crippen LogP contribution >= 0.6 is 15.9 Å². The maximum Gasteiger partial charge on any atom is 0.223 e. The van der Waals surface area contributed by atoms with Gasteiger partial charge >= 0.3 is 0 Å². The number of hydrogen-bond acceptors (Lipinski definition) is 1. The smallest absolute Gasteiger partial charge is 0.223 e. The number of carbonyl (C=O) groups is 1. The van der Waals surface area contributed by atoms with Crippen LogP contribution in [-0.2, 0) is 4.79 Å². The molecule has 1 atom stereocenters. The molecule has 1 amide bonds. The van der Waals surface area contributed by atoms with Crippen LogP contribution in [0.15, 0.2) is 0 Å². The summed E-state index contributed by atoms with van der Waals surface area (Å²) in [4.78, 5) is 13.9. The number of hydrogen-bond donors (Lipinski definition) is 0. The van der Waals surface area contributed by atoms with Crippen LogP contribution in [0.1, 0.15) is 45.4 Å². The molecule has 3 heteroatoms. The van der Waals surface area contributed by atoms with Crippen molar-refractivity contribution in [2.75, 3.05) is 11.9 Å². The van der Waals surface area contributed by atoms with Gasteiger partial charge in [0.15, 0.2) is 0 Å². The summed E-state index contributed by atoms with van der Waals surface area (Å²) in [6.45, 7) is 3.16. The Morgan fingerprint density at radius 1 is 1.43 bits per heavy atom. The normalized spacial score (nSPS) is 23.3. The predicted octanol–water partition coefficient (Wildman–Crippen LogP) is 2.95. The highest BCUT2D eigenvalue weighted by Crippen LogP contribution is 2.19. The first-order chi connectivity index (χ1) is 6.79. The van der Waals surface area contributed by atoms with E-state index in [2.05, 4.69) is 27.8 Å².